The van der Waals surface area contributed by atoms with E-state index in [0.29, 0.717) is 13.2 Å². The summed E-state index contributed by atoms with van der Waals surface area (Å²) in [5, 5.41) is 2.35. The average Bonchev–Trinajstić information content (AvgIpc) is 2.39. The van der Waals surface area contributed by atoms with Crippen LogP contribution in [0.4, 0.5) is 11.4 Å². The minimum absolute atomic E-state index is 0.179. The number of morpholine rings is 1. The quantitative estimate of drug-likeness (QED) is 0.866. The average molecular weight is 283 g/mol. The number of nitrogens with one attached hydrogen (secondary N) is 1. The molecule has 0 unspecified atom stereocenters. The maximum atomic E-state index is 11.8. The molecule has 2 rings (SSSR count). The first-order valence-electron chi connectivity index (χ1n) is 6.46. The zero-order valence-corrected chi connectivity index (χ0v) is 12.0. The number of hydrogen-bond donors (Lipinski definition) is 1. The molecule has 0 spiro atoms. The molecule has 0 saturated carbocycles. The Hall–Kier alpha value is -1.26. The van der Waals surface area contributed by atoms with E-state index < -0.39 is 5.38 Å². The Morgan fingerprint density at radius 1 is 1.42 bits per heavy atom. The van der Waals surface area contributed by atoms with E-state index in [4.69, 9.17) is 16.3 Å². The van der Waals surface area contributed by atoms with Gasteiger partial charge >= 0.3 is 0 Å². The number of ether oxygens (including phenoxy) is 1. The van der Waals surface area contributed by atoms with Crippen molar-refractivity contribution >= 4 is 28.9 Å². The van der Waals surface area contributed by atoms with Crippen LogP contribution in [0.3, 0.4) is 0 Å². The number of carbonyl (C=O) groups is 1. The van der Waals surface area contributed by atoms with Gasteiger partial charge in [-0.1, -0.05) is 6.07 Å². The Labute approximate surface area is 118 Å². The van der Waals surface area contributed by atoms with Crippen molar-refractivity contribution in [3.8, 4) is 0 Å². The number of anilines is 2. The molecule has 0 bridgehead atoms. The third-order valence-electron chi connectivity index (χ3n) is 3.12. The molecule has 0 radical (unpaired) electrons. The lowest BCUT2D eigenvalue weighted by Crippen LogP contribution is -2.37. The van der Waals surface area contributed by atoms with E-state index in [9.17, 15) is 4.79 Å². The molecule has 1 heterocycles. The molecule has 1 amide bonds. The van der Waals surface area contributed by atoms with E-state index in [1.54, 1.807) is 6.92 Å². The third kappa shape index (κ3) is 3.61. The Morgan fingerprint density at radius 3 is 2.74 bits per heavy atom. The number of halogens is 1. The predicted molar refractivity (Wildman–Crippen MR) is 78.2 cm³/mol. The molecule has 1 saturated heterocycles. The van der Waals surface area contributed by atoms with Crippen LogP contribution in [-0.4, -0.2) is 37.6 Å². The molecule has 4 nitrogen and oxygen atoms in total. The summed E-state index contributed by atoms with van der Waals surface area (Å²) in [7, 11) is 0. The highest BCUT2D eigenvalue weighted by Crippen LogP contribution is 2.28. The van der Waals surface area contributed by atoms with Gasteiger partial charge in [-0.3, -0.25) is 4.79 Å². The SMILES string of the molecule is Cc1ccc(N2CCOCC2)c(NC(=O)[C@@H](C)Cl)c1. The van der Waals surface area contributed by atoms with E-state index in [1.807, 2.05) is 25.1 Å². The summed E-state index contributed by atoms with van der Waals surface area (Å²) in [6.07, 6.45) is 0. The van der Waals surface area contributed by atoms with E-state index in [2.05, 4.69) is 10.2 Å². The van der Waals surface area contributed by atoms with Gasteiger partial charge in [-0.25, -0.2) is 0 Å². The van der Waals surface area contributed by atoms with Gasteiger partial charge in [0.15, 0.2) is 0 Å². The smallest absolute Gasteiger partial charge is 0.242 e. The van der Waals surface area contributed by atoms with E-state index in [0.717, 1.165) is 30.0 Å². The number of rotatable bonds is 3. The van der Waals surface area contributed by atoms with Gasteiger partial charge < -0.3 is 15.0 Å². The Kier molecular flexibility index (Phi) is 4.66. The number of carbonyl (C=O) groups excluding carboxylic acids is 1. The number of alkyl halides is 1. The molecule has 5 heteroatoms. The summed E-state index contributed by atoms with van der Waals surface area (Å²) in [4.78, 5) is 14.0. The van der Waals surface area contributed by atoms with Crippen LogP contribution in [0.2, 0.25) is 0 Å². The lowest BCUT2D eigenvalue weighted by atomic mass is 10.1. The van der Waals surface area contributed by atoms with Crippen molar-refractivity contribution in [3.63, 3.8) is 0 Å². The summed E-state index contributed by atoms with van der Waals surface area (Å²) in [6.45, 7) is 6.77. The van der Waals surface area contributed by atoms with Crippen LogP contribution in [0.15, 0.2) is 18.2 Å². The summed E-state index contributed by atoms with van der Waals surface area (Å²) in [5.41, 5.74) is 2.95. The zero-order valence-electron chi connectivity index (χ0n) is 11.3. The molecular weight excluding hydrogens is 264 g/mol. The summed E-state index contributed by atoms with van der Waals surface area (Å²) >= 11 is 5.81. The van der Waals surface area contributed by atoms with Crippen molar-refractivity contribution in [3.05, 3.63) is 23.8 Å². The first-order valence-corrected chi connectivity index (χ1v) is 6.90. The molecule has 1 atom stereocenters. The second kappa shape index (κ2) is 6.26. The van der Waals surface area contributed by atoms with Gasteiger partial charge in [-0.15, -0.1) is 11.6 Å². The number of nitrogens with zero attached hydrogens (tertiary/aromatic N) is 1. The second-order valence-corrected chi connectivity index (χ2v) is 5.38. The highest BCUT2D eigenvalue weighted by atomic mass is 35.5. The normalized spacial score (nSPS) is 17.1. The van der Waals surface area contributed by atoms with Gasteiger partial charge in [0.05, 0.1) is 24.6 Å². The zero-order chi connectivity index (χ0) is 13.8. The van der Waals surface area contributed by atoms with Crippen LogP contribution in [-0.2, 0) is 9.53 Å². The third-order valence-corrected chi connectivity index (χ3v) is 3.32. The summed E-state index contributed by atoms with van der Waals surface area (Å²) < 4.78 is 5.35. The maximum Gasteiger partial charge on any atom is 0.242 e. The fraction of sp³-hybridized carbons (Fsp3) is 0.500. The van der Waals surface area contributed by atoms with Crippen LogP contribution in [0.25, 0.3) is 0 Å². The monoisotopic (exact) mass is 282 g/mol. The van der Waals surface area contributed by atoms with Gasteiger partial charge in [0, 0.05) is 13.1 Å². The van der Waals surface area contributed by atoms with Crippen molar-refractivity contribution in [1.82, 2.24) is 0 Å². The van der Waals surface area contributed by atoms with Crippen molar-refractivity contribution in [2.24, 2.45) is 0 Å². The molecule has 1 aromatic rings. The van der Waals surface area contributed by atoms with Gasteiger partial charge in [-0.2, -0.15) is 0 Å². The molecule has 1 aliphatic rings. The molecule has 0 aromatic heterocycles. The Bertz CT molecular complexity index is 457. The molecule has 1 aromatic carbocycles. The predicted octanol–water partition coefficient (Wildman–Crippen LogP) is 2.40. The van der Waals surface area contributed by atoms with Gasteiger partial charge in [0.2, 0.25) is 5.91 Å². The van der Waals surface area contributed by atoms with E-state index in [1.165, 1.54) is 0 Å². The lowest BCUT2D eigenvalue weighted by Gasteiger charge is -2.30. The van der Waals surface area contributed by atoms with Crippen LogP contribution in [0, 0.1) is 6.92 Å². The highest BCUT2D eigenvalue weighted by Gasteiger charge is 2.17. The van der Waals surface area contributed by atoms with Crippen molar-refractivity contribution in [1.29, 1.82) is 0 Å². The van der Waals surface area contributed by atoms with Crippen LogP contribution >= 0.6 is 11.6 Å². The minimum atomic E-state index is -0.543. The molecule has 0 aliphatic carbocycles. The van der Waals surface area contributed by atoms with E-state index in [-0.39, 0.29) is 5.91 Å². The van der Waals surface area contributed by atoms with Crippen molar-refractivity contribution < 1.29 is 9.53 Å². The van der Waals surface area contributed by atoms with E-state index >= 15 is 0 Å². The summed E-state index contributed by atoms with van der Waals surface area (Å²) in [6, 6.07) is 6.06. The Balaban J connectivity index is 2.24. The number of hydrogen-bond acceptors (Lipinski definition) is 3. The first-order chi connectivity index (χ1) is 9.08. The summed E-state index contributed by atoms with van der Waals surface area (Å²) in [5.74, 6) is -0.179. The fourth-order valence-corrected chi connectivity index (χ4v) is 2.12. The largest absolute Gasteiger partial charge is 0.378 e. The molecule has 1 fully saturated rings. The fourth-order valence-electron chi connectivity index (χ4n) is 2.06. The first kappa shape index (κ1) is 14.2. The van der Waals surface area contributed by atoms with Gasteiger partial charge in [-0.05, 0) is 31.5 Å². The van der Waals surface area contributed by atoms with Crippen LogP contribution in [0.1, 0.15) is 12.5 Å². The molecule has 104 valence electrons. The highest BCUT2D eigenvalue weighted by molar-refractivity contribution is 6.32. The van der Waals surface area contributed by atoms with Gasteiger partial charge in [0.25, 0.3) is 0 Å². The Morgan fingerprint density at radius 2 is 2.11 bits per heavy atom. The number of amides is 1. The van der Waals surface area contributed by atoms with Gasteiger partial charge in [0.1, 0.15) is 5.38 Å². The second-order valence-electron chi connectivity index (χ2n) is 4.73. The van der Waals surface area contributed by atoms with Crippen molar-refractivity contribution in [2.45, 2.75) is 19.2 Å². The van der Waals surface area contributed by atoms with Crippen LogP contribution < -0.4 is 10.2 Å². The maximum absolute atomic E-state index is 11.8. The lowest BCUT2D eigenvalue weighted by molar-refractivity contribution is -0.115. The minimum Gasteiger partial charge on any atom is -0.378 e. The molecule has 1 aliphatic heterocycles. The topological polar surface area (TPSA) is 41.6 Å². The number of aryl methyl sites for hydroxylation is 1. The van der Waals surface area contributed by atoms with Crippen LogP contribution in [0.5, 0.6) is 0 Å². The standard InChI is InChI=1S/C14H19ClN2O2/c1-10-3-4-13(17-5-7-19-8-6-17)12(9-10)16-14(18)11(2)15/h3-4,9,11H,5-8H2,1-2H3,(H,16,18)/t11-/m1/s1. The molecular formula is C14H19ClN2O2. The van der Waals surface area contributed by atoms with Crippen molar-refractivity contribution in [2.75, 3.05) is 36.5 Å². The number of benzene rings is 1. The molecule has 1 N–H and O–H groups in total. The molecule has 19 heavy (non-hydrogen) atoms.